The van der Waals surface area contributed by atoms with Gasteiger partial charge in [0.2, 0.25) is 0 Å². The van der Waals surface area contributed by atoms with Gasteiger partial charge in [-0.3, -0.25) is 0 Å². The van der Waals surface area contributed by atoms with Crippen molar-refractivity contribution in [1.82, 2.24) is 0 Å². The molecule has 1 aromatic carbocycles. The second-order valence-corrected chi connectivity index (χ2v) is 2.97. The zero-order valence-electron chi connectivity index (χ0n) is 4.47. The summed E-state index contributed by atoms with van der Waals surface area (Å²) in [7, 11) is 6.60. The Labute approximate surface area is 67.7 Å². The van der Waals surface area contributed by atoms with Gasteiger partial charge < -0.3 is 0 Å². The molecule has 0 heterocycles. The van der Waals surface area contributed by atoms with Crippen LogP contribution >= 0.6 is 33.3 Å². The van der Waals surface area contributed by atoms with Crippen LogP contribution in [-0.2, 0) is 0 Å². The number of hydrogen-bond donors (Lipinski definition) is 0. The van der Waals surface area contributed by atoms with Gasteiger partial charge in [-0.15, -0.1) is 0 Å². The minimum atomic E-state index is 0.706. The molecule has 0 saturated heterocycles. The third-order valence-corrected chi connectivity index (χ3v) is 2.38. The molecule has 0 nitrogen and oxygen atoms in total. The van der Waals surface area contributed by atoms with E-state index in [0.29, 0.717) is 5.02 Å². The Morgan fingerprint density at radius 3 is 2.33 bits per heavy atom. The first kappa shape index (κ1) is 7.26. The lowest BCUT2D eigenvalue weighted by molar-refractivity contribution is 1.48. The van der Waals surface area contributed by atoms with Gasteiger partial charge >= 0.3 is 0 Å². The molecule has 0 radical (unpaired) electrons. The van der Waals surface area contributed by atoms with Gasteiger partial charge in [-0.1, -0.05) is 23.7 Å². The SMILES string of the molecule is ClSc1ccccc1Cl. The molecule has 0 aliphatic heterocycles. The summed E-state index contributed by atoms with van der Waals surface area (Å²) >= 11 is 5.72. The van der Waals surface area contributed by atoms with Gasteiger partial charge in [0, 0.05) is 4.90 Å². The van der Waals surface area contributed by atoms with Gasteiger partial charge in [0.05, 0.1) is 5.02 Å². The highest BCUT2D eigenvalue weighted by atomic mass is 35.7. The van der Waals surface area contributed by atoms with Crippen LogP contribution in [0.2, 0.25) is 5.02 Å². The average molecular weight is 179 g/mol. The van der Waals surface area contributed by atoms with E-state index in [2.05, 4.69) is 0 Å². The van der Waals surface area contributed by atoms with Crippen LogP contribution in [0.15, 0.2) is 29.2 Å². The first-order chi connectivity index (χ1) is 4.34. The van der Waals surface area contributed by atoms with E-state index in [0.717, 1.165) is 15.9 Å². The number of benzene rings is 1. The van der Waals surface area contributed by atoms with Crippen LogP contribution in [0.3, 0.4) is 0 Å². The predicted molar refractivity (Wildman–Crippen MR) is 43.2 cm³/mol. The largest absolute Gasteiger partial charge is 0.0831 e. The highest BCUT2D eigenvalue weighted by Gasteiger charge is 1.94. The van der Waals surface area contributed by atoms with Gasteiger partial charge in [0.1, 0.15) is 0 Å². The van der Waals surface area contributed by atoms with Gasteiger partial charge in [-0.05, 0) is 33.8 Å². The van der Waals surface area contributed by atoms with Crippen molar-refractivity contribution in [2.24, 2.45) is 0 Å². The molecular formula is C6H4Cl2S. The van der Waals surface area contributed by atoms with Crippen LogP contribution in [0, 0.1) is 0 Å². The Morgan fingerprint density at radius 2 is 1.89 bits per heavy atom. The van der Waals surface area contributed by atoms with Crippen LogP contribution in [0.1, 0.15) is 0 Å². The Bertz CT molecular complexity index is 200. The van der Waals surface area contributed by atoms with Crippen LogP contribution in [0.4, 0.5) is 0 Å². The smallest absolute Gasteiger partial charge is 0.0554 e. The van der Waals surface area contributed by atoms with Crippen molar-refractivity contribution in [3.63, 3.8) is 0 Å². The van der Waals surface area contributed by atoms with E-state index in [1.807, 2.05) is 24.3 Å². The molecule has 1 aromatic rings. The van der Waals surface area contributed by atoms with E-state index in [1.54, 1.807) is 0 Å². The van der Waals surface area contributed by atoms with Crippen molar-refractivity contribution in [2.45, 2.75) is 4.90 Å². The fraction of sp³-hybridized carbons (Fsp3) is 0. The first-order valence-electron chi connectivity index (χ1n) is 2.37. The van der Waals surface area contributed by atoms with E-state index in [4.69, 9.17) is 22.3 Å². The number of rotatable bonds is 1. The third kappa shape index (κ3) is 1.78. The second-order valence-electron chi connectivity index (χ2n) is 1.51. The van der Waals surface area contributed by atoms with E-state index in [-0.39, 0.29) is 0 Å². The Morgan fingerprint density at radius 1 is 1.22 bits per heavy atom. The molecule has 0 bridgehead atoms. The van der Waals surface area contributed by atoms with E-state index in [9.17, 15) is 0 Å². The fourth-order valence-corrected chi connectivity index (χ4v) is 1.55. The standard InChI is InChI=1S/C6H4Cl2S/c7-5-3-1-2-4-6(5)9-8/h1-4H. The monoisotopic (exact) mass is 178 g/mol. The zero-order valence-corrected chi connectivity index (χ0v) is 6.80. The summed E-state index contributed by atoms with van der Waals surface area (Å²) in [5, 5.41) is 0.706. The summed E-state index contributed by atoms with van der Waals surface area (Å²) in [4.78, 5) is 0.904. The lowest BCUT2D eigenvalue weighted by Crippen LogP contribution is -1.66. The molecule has 1 rings (SSSR count). The Hall–Kier alpha value is 0.150. The van der Waals surface area contributed by atoms with Crippen molar-refractivity contribution in [1.29, 1.82) is 0 Å². The summed E-state index contributed by atoms with van der Waals surface area (Å²) in [5.74, 6) is 0. The second kappa shape index (κ2) is 3.35. The van der Waals surface area contributed by atoms with Crippen LogP contribution < -0.4 is 0 Å². The van der Waals surface area contributed by atoms with E-state index < -0.39 is 0 Å². The molecule has 0 amide bonds. The van der Waals surface area contributed by atoms with E-state index >= 15 is 0 Å². The zero-order chi connectivity index (χ0) is 6.69. The Balaban J connectivity index is 3.01. The van der Waals surface area contributed by atoms with Gasteiger partial charge in [0.25, 0.3) is 0 Å². The quantitative estimate of drug-likeness (QED) is 0.634. The predicted octanol–water partition coefficient (Wildman–Crippen LogP) is 3.59. The molecule has 48 valence electrons. The molecule has 0 aliphatic carbocycles. The van der Waals surface area contributed by atoms with Crippen molar-refractivity contribution in [3.8, 4) is 0 Å². The van der Waals surface area contributed by atoms with Crippen molar-refractivity contribution in [2.75, 3.05) is 0 Å². The maximum atomic E-state index is 5.72. The van der Waals surface area contributed by atoms with Crippen molar-refractivity contribution in [3.05, 3.63) is 29.3 Å². The average Bonchev–Trinajstić information content (AvgIpc) is 1.89. The molecule has 9 heavy (non-hydrogen) atoms. The van der Waals surface area contributed by atoms with Gasteiger partial charge in [-0.2, -0.15) is 0 Å². The molecular weight excluding hydrogens is 175 g/mol. The Kier molecular flexibility index (Phi) is 2.70. The van der Waals surface area contributed by atoms with Crippen molar-refractivity contribution >= 4 is 33.3 Å². The molecule has 0 spiro atoms. The topological polar surface area (TPSA) is 0 Å². The molecule has 0 unspecified atom stereocenters. The molecule has 0 aromatic heterocycles. The minimum Gasteiger partial charge on any atom is -0.0831 e. The van der Waals surface area contributed by atoms with Crippen LogP contribution in [-0.4, -0.2) is 0 Å². The molecule has 0 fully saturated rings. The molecule has 3 heteroatoms. The number of halogens is 2. The highest BCUT2D eigenvalue weighted by molar-refractivity contribution is 8.21. The molecule has 0 aliphatic rings. The molecule has 0 atom stereocenters. The van der Waals surface area contributed by atoms with E-state index in [1.165, 1.54) is 0 Å². The summed E-state index contributed by atoms with van der Waals surface area (Å²) in [6, 6.07) is 7.46. The van der Waals surface area contributed by atoms with Crippen LogP contribution in [0.5, 0.6) is 0 Å². The summed E-state index contributed by atoms with van der Waals surface area (Å²) in [6.07, 6.45) is 0. The lowest BCUT2D eigenvalue weighted by Gasteiger charge is -1.93. The van der Waals surface area contributed by atoms with Gasteiger partial charge in [-0.25, -0.2) is 0 Å². The fourth-order valence-electron chi connectivity index (χ4n) is 0.507. The maximum Gasteiger partial charge on any atom is 0.0554 e. The summed E-state index contributed by atoms with van der Waals surface area (Å²) < 4.78 is 0. The summed E-state index contributed by atoms with van der Waals surface area (Å²) in [6.45, 7) is 0. The van der Waals surface area contributed by atoms with Crippen molar-refractivity contribution < 1.29 is 0 Å². The maximum absolute atomic E-state index is 5.72. The highest BCUT2D eigenvalue weighted by Crippen LogP contribution is 2.28. The molecule has 0 N–H and O–H groups in total. The minimum absolute atomic E-state index is 0.706. The van der Waals surface area contributed by atoms with Gasteiger partial charge in [0.15, 0.2) is 0 Å². The normalized spacial score (nSPS) is 9.56. The summed E-state index contributed by atoms with van der Waals surface area (Å²) in [5.41, 5.74) is 0. The third-order valence-electron chi connectivity index (χ3n) is 0.920. The number of hydrogen-bond acceptors (Lipinski definition) is 1. The first-order valence-corrected chi connectivity index (χ1v) is 4.40. The van der Waals surface area contributed by atoms with Crippen LogP contribution in [0.25, 0.3) is 0 Å². The molecule has 0 saturated carbocycles. The lowest BCUT2D eigenvalue weighted by atomic mass is 10.4.